The normalized spacial score (nSPS) is 17.6. The maximum absolute atomic E-state index is 5.33. The number of nitrogens with one attached hydrogen (secondary N) is 1. The summed E-state index contributed by atoms with van der Waals surface area (Å²) in [7, 11) is 0. The van der Waals surface area contributed by atoms with Gasteiger partial charge in [-0.2, -0.15) is 0 Å². The van der Waals surface area contributed by atoms with Gasteiger partial charge in [0, 0.05) is 12.6 Å². The van der Waals surface area contributed by atoms with Crippen LogP contribution in [0.2, 0.25) is 0 Å². The molecule has 1 saturated carbocycles. The lowest BCUT2D eigenvalue weighted by Crippen LogP contribution is -2.31. The third-order valence-electron chi connectivity index (χ3n) is 2.63. The van der Waals surface area contributed by atoms with Gasteiger partial charge in [-0.25, -0.2) is 4.68 Å². The molecule has 0 bridgehead atoms. The molecule has 0 radical (unpaired) electrons. The molecular formula is C10H19N5O. The molecule has 1 aliphatic rings. The SMILES string of the molecule is CCOCC(C)NCc1nnnn1C1CC1. The number of nitrogens with zero attached hydrogens (tertiary/aromatic N) is 4. The van der Waals surface area contributed by atoms with Gasteiger partial charge in [0.25, 0.3) is 0 Å². The Morgan fingerprint density at radius 2 is 2.38 bits per heavy atom. The lowest BCUT2D eigenvalue weighted by atomic mass is 10.3. The second kappa shape index (κ2) is 5.36. The number of ether oxygens (including phenoxy) is 1. The molecule has 0 aliphatic heterocycles. The zero-order valence-corrected chi connectivity index (χ0v) is 9.89. The van der Waals surface area contributed by atoms with Crippen molar-refractivity contribution in [3.05, 3.63) is 5.82 Å². The van der Waals surface area contributed by atoms with Gasteiger partial charge in [0.15, 0.2) is 5.82 Å². The summed E-state index contributed by atoms with van der Waals surface area (Å²) in [5.41, 5.74) is 0. The van der Waals surface area contributed by atoms with Crippen LogP contribution in [0, 0.1) is 0 Å². The van der Waals surface area contributed by atoms with Crippen LogP contribution in [0.3, 0.4) is 0 Å². The molecular weight excluding hydrogens is 206 g/mol. The molecule has 6 heteroatoms. The predicted molar refractivity (Wildman–Crippen MR) is 58.9 cm³/mol. The monoisotopic (exact) mass is 225 g/mol. The molecule has 1 unspecified atom stereocenters. The minimum Gasteiger partial charge on any atom is -0.380 e. The van der Waals surface area contributed by atoms with Crippen LogP contribution >= 0.6 is 0 Å². The zero-order valence-electron chi connectivity index (χ0n) is 9.89. The molecule has 1 atom stereocenters. The Hall–Kier alpha value is -1.01. The van der Waals surface area contributed by atoms with Gasteiger partial charge in [0.1, 0.15) is 0 Å². The van der Waals surface area contributed by atoms with Gasteiger partial charge < -0.3 is 10.1 Å². The topological polar surface area (TPSA) is 64.9 Å². The van der Waals surface area contributed by atoms with Crippen molar-refractivity contribution in [1.29, 1.82) is 0 Å². The predicted octanol–water partition coefficient (Wildman–Crippen LogP) is 0.523. The van der Waals surface area contributed by atoms with Crippen LogP contribution in [0.5, 0.6) is 0 Å². The van der Waals surface area contributed by atoms with E-state index in [1.807, 2.05) is 11.6 Å². The summed E-state index contributed by atoms with van der Waals surface area (Å²) in [6, 6.07) is 0.860. The number of hydrogen-bond donors (Lipinski definition) is 1. The van der Waals surface area contributed by atoms with Gasteiger partial charge in [0.05, 0.1) is 19.2 Å². The molecule has 0 aromatic carbocycles. The molecule has 0 amide bonds. The Kier molecular flexibility index (Phi) is 3.84. The van der Waals surface area contributed by atoms with E-state index in [4.69, 9.17) is 4.74 Å². The van der Waals surface area contributed by atoms with Crippen LogP contribution in [-0.2, 0) is 11.3 Å². The van der Waals surface area contributed by atoms with Crippen molar-refractivity contribution in [2.24, 2.45) is 0 Å². The maximum Gasteiger partial charge on any atom is 0.165 e. The first-order chi connectivity index (χ1) is 7.81. The Morgan fingerprint density at radius 1 is 1.56 bits per heavy atom. The molecule has 1 heterocycles. The van der Waals surface area contributed by atoms with Gasteiger partial charge >= 0.3 is 0 Å². The smallest absolute Gasteiger partial charge is 0.165 e. The van der Waals surface area contributed by atoms with Gasteiger partial charge in [-0.3, -0.25) is 0 Å². The summed E-state index contributed by atoms with van der Waals surface area (Å²) in [5.74, 6) is 0.922. The molecule has 1 fully saturated rings. The first kappa shape index (κ1) is 11.5. The van der Waals surface area contributed by atoms with Crippen LogP contribution in [0.4, 0.5) is 0 Å². The van der Waals surface area contributed by atoms with Crippen molar-refractivity contribution in [1.82, 2.24) is 25.5 Å². The van der Waals surface area contributed by atoms with Crippen molar-refractivity contribution in [2.45, 2.75) is 45.3 Å². The number of hydrogen-bond acceptors (Lipinski definition) is 5. The van der Waals surface area contributed by atoms with Gasteiger partial charge in [-0.15, -0.1) is 5.10 Å². The van der Waals surface area contributed by atoms with Crippen molar-refractivity contribution in [3.63, 3.8) is 0 Å². The molecule has 90 valence electrons. The molecule has 0 spiro atoms. The molecule has 1 aromatic heterocycles. The van der Waals surface area contributed by atoms with Crippen molar-refractivity contribution in [2.75, 3.05) is 13.2 Å². The summed E-state index contributed by atoms with van der Waals surface area (Å²) < 4.78 is 7.27. The van der Waals surface area contributed by atoms with Gasteiger partial charge in [-0.05, 0) is 37.1 Å². The second-order valence-electron chi connectivity index (χ2n) is 4.21. The maximum atomic E-state index is 5.33. The third kappa shape index (κ3) is 2.99. The molecule has 1 aliphatic carbocycles. The minimum atomic E-state index is 0.323. The average molecular weight is 225 g/mol. The summed E-state index contributed by atoms with van der Waals surface area (Å²) in [6.45, 7) is 6.28. The molecule has 6 nitrogen and oxygen atoms in total. The van der Waals surface area contributed by atoms with E-state index in [0.717, 1.165) is 19.0 Å². The van der Waals surface area contributed by atoms with Crippen LogP contribution in [0.25, 0.3) is 0 Å². The minimum absolute atomic E-state index is 0.323. The summed E-state index contributed by atoms with van der Waals surface area (Å²) in [6.07, 6.45) is 2.40. The van der Waals surface area contributed by atoms with E-state index >= 15 is 0 Å². The average Bonchev–Trinajstić information content (AvgIpc) is 3.03. The van der Waals surface area contributed by atoms with E-state index in [-0.39, 0.29) is 0 Å². The Morgan fingerprint density at radius 3 is 3.06 bits per heavy atom. The summed E-state index contributed by atoms with van der Waals surface area (Å²) >= 11 is 0. The van der Waals surface area contributed by atoms with Crippen LogP contribution < -0.4 is 5.32 Å². The highest BCUT2D eigenvalue weighted by molar-refractivity contribution is 4.90. The van der Waals surface area contributed by atoms with Crippen molar-refractivity contribution >= 4 is 0 Å². The highest BCUT2D eigenvalue weighted by Crippen LogP contribution is 2.34. The van der Waals surface area contributed by atoms with Gasteiger partial charge in [0.2, 0.25) is 0 Å². The second-order valence-corrected chi connectivity index (χ2v) is 4.21. The van der Waals surface area contributed by atoms with Gasteiger partial charge in [-0.1, -0.05) is 0 Å². The lowest BCUT2D eigenvalue weighted by Gasteiger charge is -2.12. The van der Waals surface area contributed by atoms with E-state index in [1.165, 1.54) is 12.8 Å². The third-order valence-corrected chi connectivity index (χ3v) is 2.63. The molecule has 1 aromatic rings. The number of aromatic nitrogens is 4. The highest BCUT2D eigenvalue weighted by atomic mass is 16.5. The molecule has 16 heavy (non-hydrogen) atoms. The van der Waals surface area contributed by atoms with Crippen LogP contribution in [0.15, 0.2) is 0 Å². The largest absolute Gasteiger partial charge is 0.380 e. The first-order valence-electron chi connectivity index (χ1n) is 5.89. The summed E-state index contributed by atoms with van der Waals surface area (Å²) in [5, 5.41) is 15.1. The van der Waals surface area contributed by atoms with Crippen LogP contribution in [0.1, 0.15) is 38.6 Å². The van der Waals surface area contributed by atoms with Crippen molar-refractivity contribution < 1.29 is 4.74 Å². The first-order valence-corrected chi connectivity index (χ1v) is 5.89. The van der Waals surface area contributed by atoms with E-state index in [9.17, 15) is 0 Å². The lowest BCUT2D eigenvalue weighted by molar-refractivity contribution is 0.126. The quantitative estimate of drug-likeness (QED) is 0.733. The van der Waals surface area contributed by atoms with E-state index < -0.39 is 0 Å². The fraction of sp³-hybridized carbons (Fsp3) is 0.900. The number of rotatable bonds is 7. The van der Waals surface area contributed by atoms with E-state index in [1.54, 1.807) is 0 Å². The fourth-order valence-corrected chi connectivity index (χ4v) is 1.55. The molecule has 2 rings (SSSR count). The Balaban J connectivity index is 1.77. The molecule has 1 N–H and O–H groups in total. The highest BCUT2D eigenvalue weighted by Gasteiger charge is 2.27. The Labute approximate surface area is 95.4 Å². The Bertz CT molecular complexity index is 323. The van der Waals surface area contributed by atoms with E-state index in [0.29, 0.717) is 18.6 Å². The summed E-state index contributed by atoms with van der Waals surface area (Å²) in [4.78, 5) is 0. The van der Waals surface area contributed by atoms with Crippen molar-refractivity contribution in [3.8, 4) is 0 Å². The molecule has 0 saturated heterocycles. The fourth-order valence-electron chi connectivity index (χ4n) is 1.55. The standard InChI is InChI=1S/C10H19N5O/c1-3-16-7-8(2)11-6-10-12-13-14-15(10)9-4-5-9/h8-9,11H,3-7H2,1-2H3. The van der Waals surface area contributed by atoms with E-state index in [2.05, 4.69) is 27.8 Å². The van der Waals surface area contributed by atoms with Crippen LogP contribution in [-0.4, -0.2) is 39.5 Å². The zero-order chi connectivity index (χ0) is 11.4. The number of tetrazole rings is 1.